The van der Waals surface area contributed by atoms with Gasteiger partial charge in [0, 0.05) is 10.9 Å². The summed E-state index contributed by atoms with van der Waals surface area (Å²) in [6.07, 6.45) is -3.35. The van der Waals surface area contributed by atoms with Crippen LogP contribution in [0.5, 0.6) is 0 Å². The number of aromatic nitrogens is 1. The van der Waals surface area contributed by atoms with Crippen LogP contribution in [0.3, 0.4) is 0 Å². The fraction of sp³-hybridized carbons (Fsp3) is 0.231. The van der Waals surface area contributed by atoms with Gasteiger partial charge in [0.05, 0.1) is 12.5 Å². The van der Waals surface area contributed by atoms with Gasteiger partial charge in [-0.15, -0.1) is 0 Å². The van der Waals surface area contributed by atoms with Crippen LogP contribution in [-0.2, 0) is 4.79 Å². The highest BCUT2D eigenvalue weighted by Crippen LogP contribution is 2.24. The molecule has 1 aromatic heterocycles. The molecule has 0 saturated heterocycles. The molecule has 20 heavy (non-hydrogen) atoms. The highest BCUT2D eigenvalue weighted by molar-refractivity contribution is 5.93. The Morgan fingerprint density at radius 3 is 2.45 bits per heavy atom. The molecule has 0 aliphatic heterocycles. The Labute approximate surface area is 113 Å². The monoisotopic (exact) mass is 279 g/mol. The molecule has 0 amide bonds. The molecule has 0 radical (unpaired) electrons. The fourth-order valence-corrected chi connectivity index (χ4v) is 1.96. The number of hydrogen-bond donors (Lipinski definition) is 5. The Kier molecular flexibility index (Phi) is 3.73. The van der Waals surface area contributed by atoms with Gasteiger partial charge in [0.15, 0.2) is 0 Å². The van der Waals surface area contributed by atoms with Crippen molar-refractivity contribution in [2.75, 3.05) is 0 Å². The number of fused-ring (bicyclic) bond motifs is 1. The van der Waals surface area contributed by atoms with Gasteiger partial charge in [-0.05, 0) is 23.8 Å². The van der Waals surface area contributed by atoms with Crippen molar-refractivity contribution in [2.24, 2.45) is 0 Å². The third-order valence-corrected chi connectivity index (χ3v) is 2.96. The van der Waals surface area contributed by atoms with Gasteiger partial charge in [0.25, 0.3) is 0 Å². The Morgan fingerprint density at radius 1 is 1.15 bits per heavy atom. The van der Waals surface area contributed by atoms with E-state index in [4.69, 9.17) is 10.2 Å². The van der Waals surface area contributed by atoms with Crippen molar-refractivity contribution in [3.05, 3.63) is 35.5 Å². The number of carboxylic acids is 2. The number of carboxylic acid groups (broad SMARTS) is 2. The second-order valence-electron chi connectivity index (χ2n) is 4.44. The molecule has 5 N–H and O–H groups in total. The predicted octanol–water partition coefficient (Wildman–Crippen LogP) is 0.735. The Hall–Kier alpha value is -2.38. The summed E-state index contributed by atoms with van der Waals surface area (Å²) in [5.74, 6) is -2.32. The van der Waals surface area contributed by atoms with Crippen LogP contribution in [0.25, 0.3) is 10.9 Å². The largest absolute Gasteiger partial charge is 0.481 e. The van der Waals surface area contributed by atoms with Crippen LogP contribution in [0.4, 0.5) is 0 Å². The van der Waals surface area contributed by atoms with Crippen LogP contribution in [0.2, 0.25) is 0 Å². The van der Waals surface area contributed by atoms with Gasteiger partial charge in [-0.25, -0.2) is 4.79 Å². The number of nitrogens with one attached hydrogen (secondary N) is 1. The first-order valence-corrected chi connectivity index (χ1v) is 5.82. The molecule has 106 valence electrons. The van der Waals surface area contributed by atoms with Gasteiger partial charge >= 0.3 is 11.9 Å². The first-order valence-electron chi connectivity index (χ1n) is 5.82. The normalized spacial score (nSPS) is 14.1. The van der Waals surface area contributed by atoms with Crippen molar-refractivity contribution in [1.82, 2.24) is 4.98 Å². The van der Waals surface area contributed by atoms with Gasteiger partial charge in [-0.3, -0.25) is 4.79 Å². The summed E-state index contributed by atoms with van der Waals surface area (Å²) in [6.45, 7) is 0. The summed E-state index contributed by atoms with van der Waals surface area (Å²) >= 11 is 0. The second kappa shape index (κ2) is 5.32. The number of aliphatic hydroxyl groups is 2. The number of rotatable bonds is 5. The molecule has 7 nitrogen and oxygen atoms in total. The average molecular weight is 279 g/mol. The van der Waals surface area contributed by atoms with Gasteiger partial charge in [0.1, 0.15) is 11.8 Å². The van der Waals surface area contributed by atoms with Crippen molar-refractivity contribution in [2.45, 2.75) is 18.6 Å². The Morgan fingerprint density at radius 2 is 1.85 bits per heavy atom. The maximum Gasteiger partial charge on any atom is 0.352 e. The summed E-state index contributed by atoms with van der Waals surface area (Å²) in [4.78, 5) is 24.0. The maximum absolute atomic E-state index is 10.8. The number of aromatic carboxylic acids is 1. The zero-order valence-corrected chi connectivity index (χ0v) is 10.3. The number of aliphatic hydroxyl groups excluding tert-OH is 2. The van der Waals surface area contributed by atoms with Crippen LogP contribution < -0.4 is 0 Å². The molecular weight excluding hydrogens is 266 g/mol. The quantitative estimate of drug-likeness (QED) is 0.548. The zero-order chi connectivity index (χ0) is 14.9. The number of benzene rings is 1. The van der Waals surface area contributed by atoms with E-state index in [0.717, 1.165) is 0 Å². The standard InChI is InChI=1S/C13H13NO6/c15-10(5-11(16)17)12(18)6-1-2-8-7(3-6)4-9(14-8)13(19)20/h1-4,10,12,14-15,18H,5H2,(H,16,17)(H,19,20). The van der Waals surface area contributed by atoms with E-state index in [9.17, 15) is 19.8 Å². The third-order valence-electron chi connectivity index (χ3n) is 2.96. The fourth-order valence-electron chi connectivity index (χ4n) is 1.96. The molecule has 2 atom stereocenters. The minimum absolute atomic E-state index is 0.0118. The van der Waals surface area contributed by atoms with Gasteiger partial charge in [0.2, 0.25) is 0 Å². The highest BCUT2D eigenvalue weighted by atomic mass is 16.4. The van der Waals surface area contributed by atoms with Crippen LogP contribution in [-0.4, -0.2) is 43.5 Å². The third kappa shape index (κ3) is 2.79. The van der Waals surface area contributed by atoms with Crippen molar-refractivity contribution in [1.29, 1.82) is 0 Å². The molecule has 2 rings (SSSR count). The van der Waals surface area contributed by atoms with Crippen LogP contribution in [0, 0.1) is 0 Å². The van der Waals surface area contributed by atoms with E-state index in [-0.39, 0.29) is 5.69 Å². The van der Waals surface area contributed by atoms with E-state index < -0.39 is 30.6 Å². The molecule has 0 fully saturated rings. The molecule has 0 spiro atoms. The molecule has 1 aromatic carbocycles. The minimum atomic E-state index is -1.43. The lowest BCUT2D eigenvalue weighted by Gasteiger charge is -2.16. The average Bonchev–Trinajstić information content (AvgIpc) is 2.79. The molecule has 0 saturated carbocycles. The number of hydrogen-bond acceptors (Lipinski definition) is 4. The van der Waals surface area contributed by atoms with Crippen LogP contribution in [0.15, 0.2) is 24.3 Å². The molecule has 2 aromatic rings. The molecule has 7 heteroatoms. The van der Waals surface area contributed by atoms with E-state index in [1.807, 2.05) is 0 Å². The first-order chi connectivity index (χ1) is 9.38. The molecule has 2 unspecified atom stereocenters. The highest BCUT2D eigenvalue weighted by Gasteiger charge is 2.21. The summed E-state index contributed by atoms with van der Waals surface area (Å²) in [5.41, 5.74) is 0.908. The summed E-state index contributed by atoms with van der Waals surface area (Å²) in [7, 11) is 0. The number of carbonyl (C=O) groups is 2. The van der Waals surface area contributed by atoms with Crippen molar-refractivity contribution in [3.8, 4) is 0 Å². The van der Waals surface area contributed by atoms with E-state index in [1.54, 1.807) is 6.07 Å². The topological polar surface area (TPSA) is 131 Å². The number of H-pyrrole nitrogens is 1. The van der Waals surface area contributed by atoms with Gasteiger partial charge < -0.3 is 25.4 Å². The summed E-state index contributed by atoms with van der Waals surface area (Å²) in [5, 5.41) is 37.4. The molecule has 0 aliphatic carbocycles. The first kappa shape index (κ1) is 14.0. The Bertz CT molecular complexity index is 662. The lowest BCUT2D eigenvalue weighted by molar-refractivity contribution is -0.141. The van der Waals surface area contributed by atoms with E-state index in [1.165, 1.54) is 18.2 Å². The smallest absolute Gasteiger partial charge is 0.352 e. The Balaban J connectivity index is 2.31. The number of aromatic amines is 1. The molecular formula is C13H13NO6. The second-order valence-corrected chi connectivity index (χ2v) is 4.44. The predicted molar refractivity (Wildman–Crippen MR) is 68.5 cm³/mol. The molecule has 0 bridgehead atoms. The van der Waals surface area contributed by atoms with E-state index in [2.05, 4.69) is 4.98 Å². The van der Waals surface area contributed by atoms with E-state index in [0.29, 0.717) is 16.5 Å². The van der Waals surface area contributed by atoms with Crippen LogP contribution in [0.1, 0.15) is 28.6 Å². The zero-order valence-electron chi connectivity index (χ0n) is 10.3. The minimum Gasteiger partial charge on any atom is -0.481 e. The van der Waals surface area contributed by atoms with Crippen molar-refractivity contribution < 1.29 is 30.0 Å². The molecule has 0 aliphatic rings. The van der Waals surface area contributed by atoms with Gasteiger partial charge in [-0.2, -0.15) is 0 Å². The van der Waals surface area contributed by atoms with Gasteiger partial charge in [-0.1, -0.05) is 6.07 Å². The molecule has 1 heterocycles. The van der Waals surface area contributed by atoms with Crippen LogP contribution >= 0.6 is 0 Å². The maximum atomic E-state index is 10.8. The van der Waals surface area contributed by atoms with Crippen molar-refractivity contribution >= 4 is 22.8 Å². The SMILES string of the molecule is O=C(O)CC(O)C(O)c1ccc2[nH]c(C(=O)O)cc2c1. The lowest BCUT2D eigenvalue weighted by Crippen LogP contribution is -2.21. The van der Waals surface area contributed by atoms with E-state index >= 15 is 0 Å². The van der Waals surface area contributed by atoms with Crippen molar-refractivity contribution in [3.63, 3.8) is 0 Å². The summed E-state index contributed by atoms with van der Waals surface area (Å²) < 4.78 is 0. The summed E-state index contributed by atoms with van der Waals surface area (Å²) in [6, 6.07) is 5.97. The lowest BCUT2D eigenvalue weighted by atomic mass is 10.0. The number of aliphatic carboxylic acids is 1.